The number of amides is 4. The lowest BCUT2D eigenvalue weighted by Crippen LogP contribution is -2.52. The zero-order valence-electron chi connectivity index (χ0n) is 35.7. The summed E-state index contributed by atoms with van der Waals surface area (Å²) in [6, 6.07) is 21.0. The molecule has 1 unspecified atom stereocenters. The molecule has 0 radical (unpaired) electrons. The van der Waals surface area contributed by atoms with Gasteiger partial charge in [-0.1, -0.05) is 24.3 Å². The largest absolute Gasteiger partial charge is 0.496 e. The molecule has 10 rings (SSSR count). The maximum atomic E-state index is 13.9. The van der Waals surface area contributed by atoms with Crippen molar-refractivity contribution >= 4 is 51.9 Å². The highest BCUT2D eigenvalue weighted by molar-refractivity contribution is 6.05. The Balaban J connectivity index is 0.743. The number of methoxy groups -OCH3 is 1. The van der Waals surface area contributed by atoms with Gasteiger partial charge in [0.05, 0.1) is 41.7 Å². The average molecular weight is 879 g/mol. The number of pyridine rings is 1. The van der Waals surface area contributed by atoms with E-state index in [9.17, 15) is 23.6 Å². The van der Waals surface area contributed by atoms with Crippen LogP contribution in [0.25, 0.3) is 22.3 Å². The second kappa shape index (κ2) is 17.2. The van der Waals surface area contributed by atoms with Crippen molar-refractivity contribution < 1.29 is 28.3 Å². The van der Waals surface area contributed by atoms with Crippen LogP contribution in [0.3, 0.4) is 0 Å². The van der Waals surface area contributed by atoms with Gasteiger partial charge >= 0.3 is 0 Å². The van der Waals surface area contributed by atoms with Gasteiger partial charge in [0, 0.05) is 82.1 Å². The number of fused-ring (bicyclic) bond motifs is 2. The molecular formula is C47H47FN12O5. The molecule has 18 heteroatoms. The number of carbonyl (C=O) groups is 4. The van der Waals surface area contributed by atoms with Crippen molar-refractivity contribution in [1.82, 2.24) is 45.2 Å². The zero-order valence-corrected chi connectivity index (χ0v) is 35.7. The first-order chi connectivity index (χ1) is 31.6. The molecule has 7 heterocycles. The van der Waals surface area contributed by atoms with Crippen molar-refractivity contribution in [3.8, 4) is 17.0 Å². The molecule has 3 saturated heterocycles. The van der Waals surface area contributed by atoms with E-state index in [4.69, 9.17) is 20.6 Å². The molecule has 3 aromatic carbocycles. The molecule has 0 saturated carbocycles. The zero-order chi connectivity index (χ0) is 44.8. The summed E-state index contributed by atoms with van der Waals surface area (Å²) >= 11 is 0. The number of carbonyl (C=O) groups excluding carboxylic acids is 4. The molecule has 4 amide bonds. The van der Waals surface area contributed by atoms with Crippen LogP contribution in [0, 0.1) is 5.82 Å². The Morgan fingerprint density at radius 2 is 1.72 bits per heavy atom. The number of rotatable bonds is 11. The lowest BCUT2D eigenvalue weighted by molar-refractivity contribution is -0.136. The minimum atomic E-state index is -0.626. The number of benzene rings is 3. The molecule has 4 aliphatic heterocycles. The van der Waals surface area contributed by atoms with Crippen LogP contribution in [0.5, 0.6) is 5.75 Å². The van der Waals surface area contributed by atoms with Crippen LogP contribution in [0.4, 0.5) is 21.6 Å². The minimum Gasteiger partial charge on any atom is -0.496 e. The highest BCUT2D eigenvalue weighted by atomic mass is 19.1. The number of nitrogen functional groups attached to an aromatic ring is 1. The molecule has 0 bridgehead atoms. The second-order valence-corrected chi connectivity index (χ2v) is 16.9. The maximum Gasteiger partial charge on any atom is 0.255 e. The summed E-state index contributed by atoms with van der Waals surface area (Å²) in [6.07, 6.45) is 4.84. The Morgan fingerprint density at radius 1 is 0.908 bits per heavy atom. The predicted molar refractivity (Wildman–Crippen MR) is 239 cm³/mol. The molecule has 65 heavy (non-hydrogen) atoms. The van der Waals surface area contributed by atoms with E-state index in [0.29, 0.717) is 53.4 Å². The third-order valence-electron chi connectivity index (χ3n) is 12.9. The minimum absolute atomic E-state index is 0.0289. The van der Waals surface area contributed by atoms with Gasteiger partial charge in [-0.25, -0.2) is 19.0 Å². The van der Waals surface area contributed by atoms with Crippen LogP contribution in [0.1, 0.15) is 62.8 Å². The van der Waals surface area contributed by atoms with E-state index in [-0.39, 0.29) is 36.4 Å². The number of ether oxygens (including phenoxy) is 1. The Hall–Kier alpha value is -7.47. The highest BCUT2D eigenvalue weighted by Crippen LogP contribution is 2.36. The number of imide groups is 1. The molecule has 6 aromatic rings. The average Bonchev–Trinajstić information content (AvgIpc) is 4.05. The first-order valence-corrected chi connectivity index (χ1v) is 21.7. The quantitative estimate of drug-likeness (QED) is 0.158. The molecule has 17 nitrogen and oxygen atoms in total. The van der Waals surface area contributed by atoms with Gasteiger partial charge in [0.1, 0.15) is 35.4 Å². The summed E-state index contributed by atoms with van der Waals surface area (Å²) in [7, 11) is 1.44. The van der Waals surface area contributed by atoms with Gasteiger partial charge in [0.2, 0.25) is 11.8 Å². The SMILES string of the molecule is COc1ccc(F)cc1C(=O)NCc1ccc(-c2nn(C3CCN(c4ccc(CN5CCN(c6ccc7c(c6)CN([C@H]6CCC(=O)NC6=O)C7=O)CC5)nc4)C3)c3ncnc(N)c23)cc1. The van der Waals surface area contributed by atoms with Crippen molar-refractivity contribution in [2.75, 3.05) is 61.9 Å². The maximum absolute atomic E-state index is 13.9. The van der Waals surface area contributed by atoms with Crippen molar-refractivity contribution in [1.29, 1.82) is 0 Å². The lowest BCUT2D eigenvalue weighted by atomic mass is 10.0. The van der Waals surface area contributed by atoms with Crippen molar-refractivity contribution in [2.45, 2.75) is 51.0 Å². The van der Waals surface area contributed by atoms with E-state index >= 15 is 0 Å². The number of aromatic nitrogens is 5. The van der Waals surface area contributed by atoms with E-state index in [2.05, 4.69) is 53.5 Å². The van der Waals surface area contributed by atoms with Crippen LogP contribution in [-0.2, 0) is 29.2 Å². The molecular weight excluding hydrogens is 832 g/mol. The van der Waals surface area contributed by atoms with E-state index < -0.39 is 23.7 Å². The Labute approximate surface area is 373 Å². The number of hydrogen-bond donors (Lipinski definition) is 3. The summed E-state index contributed by atoms with van der Waals surface area (Å²) in [5, 5.41) is 11.0. The van der Waals surface area contributed by atoms with Gasteiger partial charge in [0.25, 0.3) is 11.8 Å². The molecule has 0 spiro atoms. The van der Waals surface area contributed by atoms with Gasteiger partial charge in [-0.3, -0.25) is 34.4 Å². The Kier molecular flexibility index (Phi) is 11.0. The fourth-order valence-corrected chi connectivity index (χ4v) is 9.39. The molecule has 4 aliphatic rings. The van der Waals surface area contributed by atoms with E-state index in [1.165, 1.54) is 25.6 Å². The first kappa shape index (κ1) is 41.5. The fraction of sp³-hybridized carbons (Fsp3) is 0.319. The smallest absolute Gasteiger partial charge is 0.255 e. The van der Waals surface area contributed by atoms with Crippen LogP contribution < -0.4 is 30.9 Å². The van der Waals surface area contributed by atoms with Crippen LogP contribution in [0.15, 0.2) is 85.3 Å². The van der Waals surface area contributed by atoms with Gasteiger partial charge in [0.15, 0.2) is 5.65 Å². The Morgan fingerprint density at radius 3 is 2.49 bits per heavy atom. The summed E-state index contributed by atoms with van der Waals surface area (Å²) in [6.45, 7) is 6.24. The number of nitrogens with one attached hydrogen (secondary N) is 2. The van der Waals surface area contributed by atoms with Crippen molar-refractivity contribution in [3.05, 3.63) is 119 Å². The van der Waals surface area contributed by atoms with Crippen molar-refractivity contribution in [3.63, 3.8) is 0 Å². The van der Waals surface area contributed by atoms with Crippen LogP contribution >= 0.6 is 0 Å². The number of hydrogen-bond acceptors (Lipinski definition) is 13. The van der Waals surface area contributed by atoms with E-state index in [1.54, 1.807) is 4.90 Å². The summed E-state index contributed by atoms with van der Waals surface area (Å²) < 4.78 is 21.1. The molecule has 3 aromatic heterocycles. The normalized spacial score (nSPS) is 18.9. The summed E-state index contributed by atoms with van der Waals surface area (Å²) in [4.78, 5) is 72.6. The van der Waals surface area contributed by atoms with Gasteiger partial charge in [-0.15, -0.1) is 0 Å². The molecule has 3 fully saturated rings. The third kappa shape index (κ3) is 8.16. The Bertz CT molecular complexity index is 2830. The van der Waals surface area contributed by atoms with Crippen LogP contribution in [0.2, 0.25) is 0 Å². The number of nitrogens with two attached hydrogens (primary N) is 1. The van der Waals surface area contributed by atoms with Gasteiger partial charge in [-0.05, 0) is 72.5 Å². The number of anilines is 3. The molecule has 4 N–H and O–H groups in total. The van der Waals surface area contributed by atoms with Crippen LogP contribution in [-0.4, -0.2) is 111 Å². The highest BCUT2D eigenvalue weighted by Gasteiger charge is 2.39. The number of nitrogens with zero attached hydrogens (tertiary/aromatic N) is 9. The monoisotopic (exact) mass is 878 g/mol. The fourth-order valence-electron chi connectivity index (χ4n) is 9.39. The van der Waals surface area contributed by atoms with Gasteiger partial charge in [-0.2, -0.15) is 5.10 Å². The first-order valence-electron chi connectivity index (χ1n) is 21.7. The molecule has 0 aliphatic carbocycles. The number of piperazine rings is 1. The van der Waals surface area contributed by atoms with E-state index in [0.717, 1.165) is 85.5 Å². The summed E-state index contributed by atoms with van der Waals surface area (Å²) in [5.41, 5.74) is 14.2. The summed E-state index contributed by atoms with van der Waals surface area (Å²) in [5.74, 6) is -1.19. The number of halogens is 1. The standard InChI is InChI=1S/C47H47FN12O5/c1-65-39-12-6-31(48)21-37(39)45(62)51-22-28-2-4-29(5-3-28)42-41-43(49)52-27-53-44(41)60(55-42)35-14-15-58(26-35)34-8-7-32(50-23-34)25-56-16-18-57(19-17-56)33-9-10-36-30(20-33)24-59(47(36)64)38-11-13-40(61)54-46(38)63/h2-10,12,20-21,23,27,35,38H,11,13-19,22,24-26H2,1H3,(H,51,62)(H2,49,52,53)(H,54,61,63)/t35?,38-/m0/s1. The lowest BCUT2D eigenvalue weighted by Gasteiger charge is -2.36. The third-order valence-corrected chi connectivity index (χ3v) is 12.9. The topological polar surface area (TPSA) is 197 Å². The number of piperidine rings is 1. The predicted octanol–water partition coefficient (Wildman–Crippen LogP) is 4.08. The van der Waals surface area contributed by atoms with Gasteiger partial charge < -0.3 is 30.5 Å². The van der Waals surface area contributed by atoms with Crippen molar-refractivity contribution in [2.24, 2.45) is 0 Å². The molecule has 2 atom stereocenters. The second-order valence-electron chi connectivity index (χ2n) is 16.9. The molecule has 332 valence electrons. The van der Waals surface area contributed by atoms with E-state index in [1.807, 2.05) is 47.3 Å².